The molecule has 0 aromatic heterocycles. The van der Waals surface area contributed by atoms with Crippen molar-refractivity contribution in [2.75, 3.05) is 0 Å². The van der Waals surface area contributed by atoms with Crippen LogP contribution in [0.5, 0.6) is 0 Å². The van der Waals surface area contributed by atoms with Crippen LogP contribution >= 0.6 is 0 Å². The minimum Gasteiger partial charge on any atom is -0.481 e. The molecule has 0 aromatic rings. The summed E-state index contributed by atoms with van der Waals surface area (Å²) in [7, 11) is 0. The van der Waals surface area contributed by atoms with Crippen LogP contribution in [0.4, 0.5) is 0 Å². The van der Waals surface area contributed by atoms with Gasteiger partial charge in [-0.3, -0.25) is 9.59 Å². The molecule has 66 valence electrons. The smallest absolute Gasteiger partial charge is 0.310 e. The molecule has 0 rings (SSSR count). The van der Waals surface area contributed by atoms with E-state index in [1.54, 1.807) is 6.92 Å². The monoisotopic (exact) mass is 171 g/mol. The first-order valence-corrected chi connectivity index (χ1v) is 3.40. The van der Waals surface area contributed by atoms with Crippen molar-refractivity contribution in [2.24, 2.45) is 5.11 Å². The van der Waals surface area contributed by atoms with E-state index in [0.717, 1.165) is 0 Å². The van der Waals surface area contributed by atoms with Crippen LogP contribution in [0.25, 0.3) is 10.4 Å². The summed E-state index contributed by atoms with van der Waals surface area (Å²) in [5, 5.41) is 11.4. The number of nitrogens with zero attached hydrogens (tertiary/aromatic N) is 3. The molecule has 0 bridgehead atoms. The van der Waals surface area contributed by atoms with Gasteiger partial charge in [-0.1, -0.05) is 12.0 Å². The third-order valence-corrected chi connectivity index (χ3v) is 1.27. The maximum Gasteiger partial charge on any atom is 0.310 e. The van der Waals surface area contributed by atoms with Gasteiger partial charge in [0.2, 0.25) is 0 Å². The average molecular weight is 171 g/mol. The zero-order valence-electron chi connectivity index (χ0n) is 6.60. The predicted octanol–water partition coefficient (Wildman–Crippen LogP) is 1.12. The number of carbonyl (C=O) groups is 2. The van der Waals surface area contributed by atoms with Gasteiger partial charge in [0.15, 0.2) is 5.78 Å². The van der Waals surface area contributed by atoms with E-state index in [4.69, 9.17) is 10.6 Å². The Morgan fingerprint density at radius 1 is 1.67 bits per heavy atom. The van der Waals surface area contributed by atoms with E-state index in [1.165, 1.54) is 0 Å². The highest BCUT2D eigenvalue weighted by molar-refractivity contribution is 5.97. The predicted molar refractivity (Wildman–Crippen MR) is 40.5 cm³/mol. The van der Waals surface area contributed by atoms with E-state index in [-0.39, 0.29) is 0 Å². The highest BCUT2D eigenvalue weighted by atomic mass is 16.4. The van der Waals surface area contributed by atoms with Gasteiger partial charge in [0.25, 0.3) is 0 Å². The van der Waals surface area contributed by atoms with Crippen LogP contribution in [0.1, 0.15) is 19.8 Å². The van der Waals surface area contributed by atoms with Gasteiger partial charge in [0.05, 0.1) is 6.04 Å². The van der Waals surface area contributed by atoms with Crippen LogP contribution in [0.15, 0.2) is 5.11 Å². The maximum atomic E-state index is 10.9. The summed E-state index contributed by atoms with van der Waals surface area (Å²) in [5.74, 6) is -1.76. The normalized spacial score (nSPS) is 11.4. The molecule has 12 heavy (non-hydrogen) atoms. The lowest BCUT2D eigenvalue weighted by Crippen LogP contribution is -2.20. The quantitative estimate of drug-likeness (QED) is 0.290. The van der Waals surface area contributed by atoms with Gasteiger partial charge in [-0.25, -0.2) is 0 Å². The van der Waals surface area contributed by atoms with Crippen molar-refractivity contribution in [1.29, 1.82) is 0 Å². The standard InChI is InChI=1S/C6H9N3O3/c1-2-4(8-9-7)5(10)3-6(11)12/h4H,2-3H2,1H3,(H,11,12). The Kier molecular flexibility index (Phi) is 4.48. The first-order chi connectivity index (χ1) is 5.61. The summed E-state index contributed by atoms with van der Waals surface area (Å²) in [6, 6.07) is -0.842. The van der Waals surface area contributed by atoms with E-state index < -0.39 is 24.2 Å². The van der Waals surface area contributed by atoms with Gasteiger partial charge >= 0.3 is 5.97 Å². The number of azide groups is 1. The molecule has 1 N–H and O–H groups in total. The molecule has 6 nitrogen and oxygen atoms in total. The molecule has 0 heterocycles. The summed E-state index contributed by atoms with van der Waals surface area (Å²) >= 11 is 0. The first kappa shape index (κ1) is 10.4. The molecular weight excluding hydrogens is 162 g/mol. The minimum absolute atomic E-state index is 0.330. The largest absolute Gasteiger partial charge is 0.481 e. The number of Topliss-reactive ketones (excluding diaryl/α,β-unsaturated/α-hetero) is 1. The summed E-state index contributed by atoms with van der Waals surface area (Å²) < 4.78 is 0. The second-order valence-corrected chi connectivity index (χ2v) is 2.17. The van der Waals surface area contributed by atoms with Crippen LogP contribution in [0.2, 0.25) is 0 Å². The van der Waals surface area contributed by atoms with Crippen LogP contribution in [-0.2, 0) is 9.59 Å². The molecule has 0 aliphatic heterocycles. The van der Waals surface area contributed by atoms with Crippen molar-refractivity contribution in [2.45, 2.75) is 25.8 Å². The van der Waals surface area contributed by atoms with Crippen molar-refractivity contribution in [3.8, 4) is 0 Å². The van der Waals surface area contributed by atoms with Gasteiger partial charge in [0, 0.05) is 4.91 Å². The van der Waals surface area contributed by atoms with E-state index in [1.807, 2.05) is 0 Å². The van der Waals surface area contributed by atoms with Gasteiger partial charge in [-0.15, -0.1) is 0 Å². The van der Waals surface area contributed by atoms with Crippen molar-refractivity contribution < 1.29 is 14.7 Å². The lowest BCUT2D eigenvalue weighted by Gasteiger charge is -2.03. The molecule has 0 spiro atoms. The number of carboxylic acids is 1. The van der Waals surface area contributed by atoms with Crippen LogP contribution in [0, 0.1) is 0 Å². The Labute approximate surface area is 68.8 Å². The number of hydrogen-bond acceptors (Lipinski definition) is 3. The number of rotatable bonds is 5. The Bertz CT molecular complexity index is 232. The van der Waals surface area contributed by atoms with Crippen molar-refractivity contribution in [3.63, 3.8) is 0 Å². The van der Waals surface area contributed by atoms with Crippen LogP contribution in [0.3, 0.4) is 0 Å². The highest BCUT2D eigenvalue weighted by Crippen LogP contribution is 2.02. The molecule has 1 atom stereocenters. The molecule has 0 aromatic carbocycles. The Morgan fingerprint density at radius 2 is 2.25 bits per heavy atom. The maximum absolute atomic E-state index is 10.9. The molecule has 0 aliphatic rings. The lowest BCUT2D eigenvalue weighted by molar-refractivity contribution is -0.140. The summed E-state index contributed by atoms with van der Waals surface area (Å²) in [5.41, 5.74) is 8.01. The number of carbonyl (C=O) groups excluding carboxylic acids is 1. The number of ketones is 1. The molecule has 1 unspecified atom stereocenters. The first-order valence-electron chi connectivity index (χ1n) is 3.40. The number of carboxylic acid groups (broad SMARTS) is 1. The second-order valence-electron chi connectivity index (χ2n) is 2.17. The molecule has 0 radical (unpaired) electrons. The SMILES string of the molecule is CCC(N=[N+]=[N-])C(=O)CC(=O)O. The lowest BCUT2D eigenvalue weighted by atomic mass is 10.1. The minimum atomic E-state index is -1.20. The molecule has 0 amide bonds. The van der Waals surface area contributed by atoms with Gasteiger partial charge in [-0.2, -0.15) is 0 Å². The topological polar surface area (TPSA) is 103 Å². The average Bonchev–Trinajstić information content (AvgIpc) is 1.98. The fourth-order valence-corrected chi connectivity index (χ4v) is 0.703. The van der Waals surface area contributed by atoms with Gasteiger partial charge in [0.1, 0.15) is 6.42 Å². The molecular formula is C6H9N3O3. The number of hydrogen-bond donors (Lipinski definition) is 1. The molecule has 0 fully saturated rings. The third-order valence-electron chi connectivity index (χ3n) is 1.27. The van der Waals surface area contributed by atoms with E-state index >= 15 is 0 Å². The Morgan fingerprint density at radius 3 is 2.58 bits per heavy atom. The summed E-state index contributed by atoms with van der Waals surface area (Å²) in [6.45, 7) is 1.65. The fraction of sp³-hybridized carbons (Fsp3) is 0.667. The fourth-order valence-electron chi connectivity index (χ4n) is 0.703. The Hall–Kier alpha value is -1.55. The van der Waals surface area contributed by atoms with Crippen LogP contribution < -0.4 is 0 Å². The third kappa shape index (κ3) is 3.58. The van der Waals surface area contributed by atoms with Gasteiger partial charge < -0.3 is 5.11 Å². The molecule has 6 heteroatoms. The molecule has 0 aliphatic carbocycles. The van der Waals surface area contributed by atoms with E-state index in [0.29, 0.717) is 6.42 Å². The van der Waals surface area contributed by atoms with E-state index in [2.05, 4.69) is 10.0 Å². The second kappa shape index (κ2) is 5.15. The van der Waals surface area contributed by atoms with Crippen molar-refractivity contribution in [1.82, 2.24) is 0 Å². The van der Waals surface area contributed by atoms with E-state index in [9.17, 15) is 9.59 Å². The van der Waals surface area contributed by atoms with Crippen molar-refractivity contribution >= 4 is 11.8 Å². The van der Waals surface area contributed by atoms with Gasteiger partial charge in [-0.05, 0) is 12.0 Å². The summed E-state index contributed by atoms with van der Waals surface area (Å²) in [6.07, 6.45) is -0.256. The zero-order valence-corrected chi connectivity index (χ0v) is 6.60. The number of aliphatic carboxylic acids is 1. The highest BCUT2D eigenvalue weighted by Gasteiger charge is 2.16. The molecule has 0 saturated carbocycles. The molecule has 0 saturated heterocycles. The summed E-state index contributed by atoms with van der Waals surface area (Å²) in [4.78, 5) is 23.5. The zero-order chi connectivity index (χ0) is 9.56. The Balaban J connectivity index is 4.21. The van der Waals surface area contributed by atoms with Crippen molar-refractivity contribution in [3.05, 3.63) is 10.4 Å². The van der Waals surface area contributed by atoms with Crippen LogP contribution in [-0.4, -0.2) is 22.9 Å².